The Morgan fingerprint density at radius 1 is 1.27 bits per heavy atom. The maximum absolute atomic E-state index is 11.0. The van der Waals surface area contributed by atoms with E-state index in [0.29, 0.717) is 16.4 Å². The molecule has 12 heteroatoms. The van der Waals surface area contributed by atoms with Crippen LogP contribution in [0.1, 0.15) is 11.6 Å². The minimum absolute atomic E-state index is 0.0979. The predicted molar refractivity (Wildman–Crippen MR) is 112 cm³/mol. The molecule has 9 nitrogen and oxygen atoms in total. The number of halogens is 1. The topological polar surface area (TPSA) is 134 Å². The number of aromatic nitrogens is 4. The van der Waals surface area contributed by atoms with Crippen molar-refractivity contribution in [2.24, 2.45) is 0 Å². The van der Waals surface area contributed by atoms with Crippen molar-refractivity contribution in [2.45, 2.75) is 41.6 Å². The summed E-state index contributed by atoms with van der Waals surface area (Å²) < 4.78 is 7.08. The molecule has 1 aliphatic heterocycles. The number of benzene rings is 1. The summed E-state index contributed by atoms with van der Waals surface area (Å²) in [6, 6.07) is 4.58. The fraction of sp³-hybridized carbons (Fsp3) is 0.389. The largest absolute Gasteiger partial charge is 0.486 e. The zero-order valence-corrected chi connectivity index (χ0v) is 18.0. The van der Waals surface area contributed by atoms with Gasteiger partial charge in [0.1, 0.15) is 41.2 Å². The summed E-state index contributed by atoms with van der Waals surface area (Å²) in [6.07, 6.45) is -1.78. The highest BCUT2D eigenvalue weighted by molar-refractivity contribution is 7.99. The van der Waals surface area contributed by atoms with E-state index in [4.69, 9.17) is 16.3 Å². The Bertz CT molecular complexity index is 1030. The van der Waals surface area contributed by atoms with Crippen molar-refractivity contribution in [3.05, 3.63) is 40.4 Å². The lowest BCUT2D eigenvalue weighted by Gasteiger charge is -2.41. The molecule has 2 aromatic heterocycles. The van der Waals surface area contributed by atoms with Gasteiger partial charge < -0.3 is 25.2 Å². The van der Waals surface area contributed by atoms with Gasteiger partial charge in [-0.05, 0) is 24.6 Å². The van der Waals surface area contributed by atoms with Crippen LogP contribution in [-0.2, 0) is 4.74 Å². The number of aliphatic hydroxyl groups excluding tert-OH is 3. The van der Waals surface area contributed by atoms with Crippen LogP contribution >= 0.6 is 34.7 Å². The van der Waals surface area contributed by atoms with Crippen molar-refractivity contribution in [2.75, 3.05) is 6.61 Å². The average molecular weight is 471 g/mol. The molecule has 160 valence electrons. The van der Waals surface area contributed by atoms with Gasteiger partial charge in [0.15, 0.2) is 0 Å². The van der Waals surface area contributed by atoms with Gasteiger partial charge >= 0.3 is 0 Å². The first-order chi connectivity index (χ1) is 14.4. The van der Waals surface area contributed by atoms with Gasteiger partial charge in [-0.3, -0.25) is 0 Å². The van der Waals surface area contributed by atoms with Gasteiger partial charge in [0.2, 0.25) is 0 Å². The molecule has 4 rings (SSSR count). The first-order valence-electron chi connectivity index (χ1n) is 8.99. The summed E-state index contributed by atoms with van der Waals surface area (Å²) in [6.45, 7) is 1.46. The normalized spacial score (nSPS) is 26.8. The van der Waals surface area contributed by atoms with Crippen LogP contribution in [0.3, 0.4) is 0 Å². The third-order valence-corrected chi connectivity index (χ3v) is 7.01. The van der Waals surface area contributed by atoms with Crippen LogP contribution < -0.4 is 0 Å². The summed E-state index contributed by atoms with van der Waals surface area (Å²) in [5.74, 6) is 0. The van der Waals surface area contributed by atoms with E-state index in [9.17, 15) is 20.4 Å². The van der Waals surface area contributed by atoms with Gasteiger partial charge in [-0.2, -0.15) is 0 Å². The van der Waals surface area contributed by atoms with Crippen molar-refractivity contribution >= 4 is 34.7 Å². The lowest BCUT2D eigenvalue weighted by atomic mass is 9.97. The lowest BCUT2D eigenvalue weighted by Crippen LogP contribution is -2.55. The molecule has 0 radical (unpaired) electrons. The molecule has 1 saturated heterocycles. The second kappa shape index (κ2) is 8.79. The first kappa shape index (κ1) is 21.5. The second-order valence-corrected chi connectivity index (χ2v) is 9.24. The molecule has 0 bridgehead atoms. The van der Waals surface area contributed by atoms with Crippen LogP contribution in [-0.4, -0.2) is 70.8 Å². The standard InChI is InChI=1S/C18H19ClN4O5S2/c1-8-2-3-9(4-10(8)19)30-17-16(26)14(15(25)13(6-24)28-17)23-5-11(21-22-23)12-7-29-18(27)20-12/h2-5,7,13-17,24-26H,6H2,1H3,(H,20,27)/t13?,14-,15-,16?,17+/m0/s1. The van der Waals surface area contributed by atoms with Gasteiger partial charge in [0.05, 0.1) is 12.8 Å². The number of nitrogens with zero attached hydrogens (tertiary/aromatic N) is 4. The number of thioether (sulfide) groups is 1. The summed E-state index contributed by atoms with van der Waals surface area (Å²) >= 11 is 8.48. The zero-order valence-electron chi connectivity index (χ0n) is 15.7. The zero-order chi connectivity index (χ0) is 21.4. The fourth-order valence-corrected chi connectivity index (χ4v) is 5.07. The van der Waals surface area contributed by atoms with Crippen molar-refractivity contribution < 1.29 is 25.2 Å². The smallest absolute Gasteiger partial charge is 0.271 e. The minimum Gasteiger partial charge on any atom is -0.486 e. The van der Waals surface area contributed by atoms with E-state index >= 15 is 0 Å². The second-order valence-electron chi connectivity index (χ2n) is 6.83. The Kier molecular flexibility index (Phi) is 6.30. The Labute approximate surface area is 184 Å². The average Bonchev–Trinajstić information content (AvgIpc) is 3.36. The first-order valence-corrected chi connectivity index (χ1v) is 11.1. The molecule has 4 N–H and O–H groups in total. The molecule has 1 fully saturated rings. The Hall–Kier alpha value is -1.73. The predicted octanol–water partition coefficient (Wildman–Crippen LogP) is 1.84. The number of hydrogen-bond acceptors (Lipinski definition) is 10. The number of hydrogen-bond donors (Lipinski definition) is 4. The Morgan fingerprint density at radius 3 is 2.73 bits per heavy atom. The van der Waals surface area contributed by atoms with Crippen LogP contribution in [0.4, 0.5) is 0 Å². The maximum atomic E-state index is 11.0. The molecule has 0 aliphatic carbocycles. The molecular weight excluding hydrogens is 452 g/mol. The van der Waals surface area contributed by atoms with Gasteiger partial charge in [0, 0.05) is 15.3 Å². The molecule has 1 aliphatic rings. The molecule has 0 amide bonds. The van der Waals surface area contributed by atoms with E-state index in [1.54, 1.807) is 11.4 Å². The number of aromatic hydroxyl groups is 1. The minimum atomic E-state index is -1.22. The number of rotatable bonds is 5. The van der Waals surface area contributed by atoms with Gasteiger partial charge in [-0.25, -0.2) is 9.67 Å². The van der Waals surface area contributed by atoms with E-state index in [0.717, 1.165) is 21.8 Å². The third-order valence-electron chi connectivity index (χ3n) is 4.81. The molecule has 3 heterocycles. The van der Waals surface area contributed by atoms with Crippen molar-refractivity contribution in [1.29, 1.82) is 0 Å². The molecule has 5 atom stereocenters. The Balaban J connectivity index is 1.61. The molecule has 3 aromatic rings. The highest BCUT2D eigenvalue weighted by atomic mass is 35.5. The van der Waals surface area contributed by atoms with Crippen molar-refractivity contribution in [3.8, 4) is 16.6 Å². The van der Waals surface area contributed by atoms with Crippen LogP contribution in [0, 0.1) is 6.92 Å². The summed E-state index contributed by atoms with van der Waals surface area (Å²) in [7, 11) is 0. The van der Waals surface area contributed by atoms with E-state index < -0.39 is 36.4 Å². The number of thiazole rings is 1. The van der Waals surface area contributed by atoms with Crippen molar-refractivity contribution in [1.82, 2.24) is 20.0 Å². The number of ether oxygens (including phenoxy) is 1. The van der Waals surface area contributed by atoms with Crippen LogP contribution in [0.25, 0.3) is 11.4 Å². The molecule has 1 aromatic carbocycles. The van der Waals surface area contributed by atoms with Gasteiger partial charge in [-0.15, -0.1) is 5.10 Å². The van der Waals surface area contributed by atoms with Crippen LogP contribution in [0.2, 0.25) is 5.02 Å². The van der Waals surface area contributed by atoms with Gasteiger partial charge in [0.25, 0.3) is 5.19 Å². The molecule has 30 heavy (non-hydrogen) atoms. The summed E-state index contributed by atoms with van der Waals surface area (Å²) in [5.41, 5.74) is 0.951. The van der Waals surface area contributed by atoms with Crippen LogP contribution in [0.15, 0.2) is 34.7 Å². The van der Waals surface area contributed by atoms with E-state index in [1.807, 2.05) is 19.1 Å². The third kappa shape index (κ3) is 4.19. The SMILES string of the molecule is Cc1ccc(S[C@H]2OC(CO)[C@H](O)[C@H](n3cc(-c4csc(O)n4)nn3)C2O)cc1Cl. The number of aryl methyl sites for hydroxylation is 1. The van der Waals surface area contributed by atoms with E-state index in [-0.39, 0.29) is 5.19 Å². The summed E-state index contributed by atoms with van der Waals surface area (Å²) in [5, 5.41) is 50.9. The van der Waals surface area contributed by atoms with Crippen LogP contribution in [0.5, 0.6) is 5.19 Å². The highest BCUT2D eigenvalue weighted by Crippen LogP contribution is 2.39. The maximum Gasteiger partial charge on any atom is 0.271 e. The van der Waals surface area contributed by atoms with E-state index in [1.165, 1.54) is 22.6 Å². The molecular formula is C18H19ClN4O5S2. The van der Waals surface area contributed by atoms with Gasteiger partial charge in [-0.1, -0.05) is 46.0 Å². The monoisotopic (exact) mass is 470 g/mol. The van der Waals surface area contributed by atoms with E-state index in [2.05, 4.69) is 15.3 Å². The lowest BCUT2D eigenvalue weighted by molar-refractivity contribution is -0.178. The highest BCUT2D eigenvalue weighted by Gasteiger charge is 2.46. The Morgan fingerprint density at radius 2 is 2.07 bits per heavy atom. The molecule has 0 saturated carbocycles. The summed E-state index contributed by atoms with van der Waals surface area (Å²) in [4.78, 5) is 4.72. The molecule has 2 unspecified atom stereocenters. The quantitative estimate of drug-likeness (QED) is 0.440. The number of aliphatic hydroxyl groups is 3. The fourth-order valence-electron chi connectivity index (χ4n) is 3.18. The molecule has 0 spiro atoms. The van der Waals surface area contributed by atoms with Crippen molar-refractivity contribution in [3.63, 3.8) is 0 Å².